The lowest BCUT2D eigenvalue weighted by Crippen LogP contribution is -2.53. The van der Waals surface area contributed by atoms with Gasteiger partial charge >= 0.3 is 0 Å². The summed E-state index contributed by atoms with van der Waals surface area (Å²) in [5.41, 5.74) is 5.65. The van der Waals surface area contributed by atoms with Crippen LogP contribution in [0, 0.1) is 6.92 Å². The molecule has 0 radical (unpaired) electrons. The number of nitrogens with zero attached hydrogens (tertiary/aromatic N) is 9. The highest BCUT2D eigenvalue weighted by Gasteiger charge is 2.31. The van der Waals surface area contributed by atoms with Crippen molar-refractivity contribution in [2.45, 2.75) is 71.0 Å². The number of aromatic nitrogens is 5. The Balaban J connectivity index is 0.00000237. The number of halogens is 2. The molecule has 15 heteroatoms. The number of aldehydes is 1. The Morgan fingerprint density at radius 2 is 1.68 bits per heavy atom. The van der Waals surface area contributed by atoms with Gasteiger partial charge in [0.15, 0.2) is 17.9 Å². The van der Waals surface area contributed by atoms with E-state index in [0.29, 0.717) is 48.3 Å². The predicted octanol–water partition coefficient (Wildman–Crippen LogP) is 5.35. The second-order valence-electron chi connectivity index (χ2n) is 14.8. The molecule has 0 unspecified atom stereocenters. The summed E-state index contributed by atoms with van der Waals surface area (Å²) in [5.74, 6) is 2.54. The first-order valence-electron chi connectivity index (χ1n) is 19.9. The van der Waals surface area contributed by atoms with E-state index in [9.17, 15) is 13.6 Å². The lowest BCUT2D eigenvalue weighted by atomic mass is 9.96. The molecule has 0 spiro atoms. The summed E-state index contributed by atoms with van der Waals surface area (Å²) in [7, 11) is 1.00. The van der Waals surface area contributed by atoms with Crippen LogP contribution in [0.15, 0.2) is 42.6 Å². The summed E-state index contributed by atoms with van der Waals surface area (Å²) >= 11 is 0. The lowest BCUT2D eigenvalue weighted by Gasteiger charge is -2.43. The van der Waals surface area contributed by atoms with E-state index in [1.807, 2.05) is 31.2 Å². The summed E-state index contributed by atoms with van der Waals surface area (Å²) < 4.78 is 37.6. The Morgan fingerprint density at radius 3 is 2.32 bits per heavy atom. The van der Waals surface area contributed by atoms with Crippen LogP contribution in [0.5, 0.6) is 0 Å². The number of piperidine rings is 1. The SMILES string of the molecule is CCN(c1cc(C(F)F)c(-c2ccc(N3CCC(N4CCN(c5ccc(C=O)nn5)CC4)CC3)nc2)cc1C)c1nn(C2CCOCC2)c2c1CNCC2.CO. The molecule has 3 aromatic heterocycles. The highest BCUT2D eigenvalue weighted by atomic mass is 19.3. The van der Waals surface area contributed by atoms with Crippen molar-refractivity contribution in [3.05, 3.63) is 70.7 Å². The van der Waals surface area contributed by atoms with Gasteiger partial charge in [-0.3, -0.25) is 14.4 Å². The van der Waals surface area contributed by atoms with Crippen molar-refractivity contribution in [2.75, 3.05) is 87.4 Å². The number of pyridine rings is 1. The smallest absolute Gasteiger partial charge is 0.264 e. The number of nitrogens with one attached hydrogen (secondary N) is 1. The van der Waals surface area contributed by atoms with Crippen LogP contribution in [0.1, 0.15) is 77.9 Å². The molecule has 0 bridgehead atoms. The summed E-state index contributed by atoms with van der Waals surface area (Å²) in [4.78, 5) is 24.9. The molecule has 8 rings (SSSR count). The average molecular weight is 773 g/mol. The zero-order valence-corrected chi connectivity index (χ0v) is 32.7. The number of fused-ring (bicyclic) bond motifs is 1. The van der Waals surface area contributed by atoms with Crippen LogP contribution >= 0.6 is 0 Å². The van der Waals surface area contributed by atoms with Crippen molar-refractivity contribution in [3.8, 4) is 11.1 Å². The number of aliphatic hydroxyl groups is 1. The van der Waals surface area contributed by atoms with E-state index < -0.39 is 6.43 Å². The quantitative estimate of drug-likeness (QED) is 0.202. The fourth-order valence-corrected chi connectivity index (χ4v) is 8.75. The second kappa shape index (κ2) is 18.1. The molecular formula is C41H54F2N10O3. The first kappa shape index (κ1) is 39.7. The van der Waals surface area contributed by atoms with Gasteiger partial charge in [-0.25, -0.2) is 13.8 Å². The van der Waals surface area contributed by atoms with E-state index >= 15 is 0 Å². The van der Waals surface area contributed by atoms with Crippen molar-refractivity contribution in [3.63, 3.8) is 0 Å². The van der Waals surface area contributed by atoms with Crippen LogP contribution < -0.4 is 20.0 Å². The van der Waals surface area contributed by atoms with Gasteiger partial charge in [0.05, 0.1) is 6.04 Å². The Morgan fingerprint density at radius 1 is 0.946 bits per heavy atom. The first-order valence-corrected chi connectivity index (χ1v) is 19.9. The number of carbonyl (C=O) groups excluding carboxylic acids is 1. The van der Waals surface area contributed by atoms with Crippen molar-refractivity contribution in [1.29, 1.82) is 0 Å². The molecule has 2 N–H and O–H groups in total. The van der Waals surface area contributed by atoms with Crippen LogP contribution in [0.3, 0.4) is 0 Å². The topological polar surface area (TPSA) is 128 Å². The lowest BCUT2D eigenvalue weighted by molar-refractivity contribution is 0.0653. The fourth-order valence-electron chi connectivity index (χ4n) is 8.75. The van der Waals surface area contributed by atoms with E-state index in [-0.39, 0.29) is 5.56 Å². The molecule has 56 heavy (non-hydrogen) atoms. The summed E-state index contributed by atoms with van der Waals surface area (Å²) in [6, 6.07) is 11.8. The van der Waals surface area contributed by atoms with E-state index in [1.165, 1.54) is 5.69 Å². The Bertz CT molecular complexity index is 1900. The molecule has 4 aliphatic rings. The molecule has 13 nitrogen and oxygen atoms in total. The molecule has 1 aromatic carbocycles. The summed E-state index contributed by atoms with van der Waals surface area (Å²) in [5, 5.41) is 23.9. The molecule has 300 valence electrons. The molecule has 7 heterocycles. The van der Waals surface area contributed by atoms with Crippen LogP contribution in [0.25, 0.3) is 11.1 Å². The van der Waals surface area contributed by atoms with Crippen molar-refractivity contribution >= 4 is 29.4 Å². The second-order valence-corrected chi connectivity index (χ2v) is 14.8. The maximum atomic E-state index is 14.9. The zero-order valence-electron chi connectivity index (χ0n) is 32.7. The minimum absolute atomic E-state index is 0.00499. The molecule has 0 atom stereocenters. The number of rotatable bonds is 10. The minimum atomic E-state index is -2.65. The number of aliphatic hydroxyl groups excluding tert-OH is 1. The number of piperazine rings is 1. The molecule has 0 saturated carbocycles. The maximum absolute atomic E-state index is 14.9. The third-order valence-electron chi connectivity index (χ3n) is 11.7. The van der Waals surface area contributed by atoms with E-state index in [4.69, 9.17) is 19.9 Å². The summed E-state index contributed by atoms with van der Waals surface area (Å²) in [6.45, 7) is 13.2. The molecule has 3 fully saturated rings. The van der Waals surface area contributed by atoms with Gasteiger partial charge in [0.2, 0.25) is 0 Å². The van der Waals surface area contributed by atoms with Crippen LogP contribution in [0.4, 0.5) is 31.9 Å². The first-order chi connectivity index (χ1) is 27.4. The fraction of sp³-hybridized carbons (Fsp3) is 0.537. The van der Waals surface area contributed by atoms with Gasteiger partial charge in [-0.1, -0.05) is 0 Å². The number of ether oxygens (including phenoxy) is 1. The molecular weight excluding hydrogens is 719 g/mol. The Kier molecular flexibility index (Phi) is 12.8. The summed E-state index contributed by atoms with van der Waals surface area (Å²) in [6.07, 6.45) is 4.64. The van der Waals surface area contributed by atoms with E-state index in [2.05, 4.69) is 46.7 Å². The molecule has 0 aliphatic carbocycles. The zero-order chi connectivity index (χ0) is 39.2. The van der Waals surface area contributed by atoms with Crippen molar-refractivity contribution < 1.29 is 23.4 Å². The Hall–Kier alpha value is -4.57. The molecule has 3 saturated heterocycles. The average Bonchev–Trinajstić information content (AvgIpc) is 3.65. The monoisotopic (exact) mass is 772 g/mol. The van der Waals surface area contributed by atoms with Crippen LogP contribution in [-0.4, -0.2) is 120 Å². The molecule has 0 amide bonds. The number of carbonyl (C=O) groups is 1. The molecule has 4 aromatic rings. The Labute approximate surface area is 327 Å². The van der Waals surface area contributed by atoms with Gasteiger partial charge < -0.3 is 29.9 Å². The third kappa shape index (κ3) is 8.27. The number of hydrogen-bond donors (Lipinski definition) is 2. The van der Waals surface area contributed by atoms with Gasteiger partial charge in [-0.05, 0) is 87.1 Å². The number of anilines is 4. The van der Waals surface area contributed by atoms with Crippen molar-refractivity contribution in [2.24, 2.45) is 0 Å². The number of hydrogen-bond acceptors (Lipinski definition) is 12. The highest BCUT2D eigenvalue weighted by Crippen LogP contribution is 2.41. The highest BCUT2D eigenvalue weighted by molar-refractivity contribution is 5.76. The van der Waals surface area contributed by atoms with Crippen LogP contribution in [-0.2, 0) is 17.7 Å². The van der Waals surface area contributed by atoms with Gasteiger partial charge in [0.25, 0.3) is 6.43 Å². The number of aryl methyl sites for hydroxylation is 1. The standard InChI is InChI=1S/C40H50F2N10O2.CH4O/c1-3-51(40-34-25-43-13-8-35(34)52(47-40)31-11-20-54-21-12-31)36-23-33(39(41)42)32(22-27(36)2)28-4-6-37(44-24-28)49-14-9-30(10-15-49)48-16-18-50(19-17-48)38-7-5-29(26-53)45-46-38;1-2/h4-7,22-24,26,30-31,39,43H,3,8-21,25H2,1-2H3;2H,1H3. The molecule has 4 aliphatic heterocycles. The van der Waals surface area contributed by atoms with E-state index in [0.717, 1.165) is 133 Å². The van der Waals surface area contributed by atoms with Crippen molar-refractivity contribution in [1.82, 2.24) is 35.2 Å². The normalized spacial score (nSPS) is 18.4. The minimum Gasteiger partial charge on any atom is -0.400 e. The van der Waals surface area contributed by atoms with E-state index in [1.54, 1.807) is 18.3 Å². The largest absolute Gasteiger partial charge is 0.400 e. The van der Waals surface area contributed by atoms with Gasteiger partial charge in [0, 0.05) is 126 Å². The third-order valence-corrected chi connectivity index (χ3v) is 11.7. The number of alkyl halides is 2. The number of benzene rings is 1. The van der Waals surface area contributed by atoms with Crippen LogP contribution in [0.2, 0.25) is 0 Å². The van der Waals surface area contributed by atoms with Gasteiger partial charge in [-0.15, -0.1) is 10.2 Å². The van der Waals surface area contributed by atoms with Gasteiger partial charge in [-0.2, -0.15) is 5.10 Å². The maximum Gasteiger partial charge on any atom is 0.264 e. The predicted molar refractivity (Wildman–Crippen MR) is 213 cm³/mol. The van der Waals surface area contributed by atoms with Gasteiger partial charge in [0.1, 0.15) is 11.5 Å².